The third-order valence-electron chi connectivity index (χ3n) is 3.00. The fourth-order valence-corrected chi connectivity index (χ4v) is 1.94. The number of hydrogen-bond acceptors (Lipinski definition) is 5. The van der Waals surface area contributed by atoms with Gasteiger partial charge in [0, 0.05) is 25.5 Å². The predicted molar refractivity (Wildman–Crippen MR) is 81.5 cm³/mol. The van der Waals surface area contributed by atoms with Crippen LogP contribution in [0.4, 0.5) is 0 Å². The molecule has 0 saturated heterocycles. The molecule has 0 fully saturated rings. The maximum Gasteiger partial charge on any atom is 0.161 e. The van der Waals surface area contributed by atoms with Crippen LogP contribution < -0.4 is 14.8 Å². The van der Waals surface area contributed by atoms with Gasteiger partial charge in [0.15, 0.2) is 11.5 Å². The van der Waals surface area contributed by atoms with Gasteiger partial charge >= 0.3 is 0 Å². The summed E-state index contributed by atoms with van der Waals surface area (Å²) in [4.78, 5) is 8.54. The van der Waals surface area contributed by atoms with Crippen molar-refractivity contribution >= 4 is 0 Å². The highest BCUT2D eigenvalue weighted by Gasteiger charge is 2.05. The van der Waals surface area contributed by atoms with Crippen molar-refractivity contribution in [1.29, 1.82) is 0 Å². The first kappa shape index (κ1) is 15.3. The Morgan fingerprint density at radius 3 is 2.62 bits per heavy atom. The van der Waals surface area contributed by atoms with Crippen LogP contribution in [0.1, 0.15) is 23.9 Å². The second kappa shape index (κ2) is 7.59. The molecular formula is C16H21N3O2. The van der Waals surface area contributed by atoms with Gasteiger partial charge in [-0.25, -0.2) is 0 Å². The van der Waals surface area contributed by atoms with Gasteiger partial charge in [-0.2, -0.15) is 0 Å². The highest BCUT2D eigenvalue weighted by Crippen LogP contribution is 2.27. The number of rotatable bonds is 7. The van der Waals surface area contributed by atoms with Gasteiger partial charge in [-0.1, -0.05) is 6.07 Å². The summed E-state index contributed by atoms with van der Waals surface area (Å²) in [6.07, 6.45) is 3.57. The van der Waals surface area contributed by atoms with E-state index in [-0.39, 0.29) is 0 Å². The summed E-state index contributed by atoms with van der Waals surface area (Å²) in [5, 5.41) is 3.35. The summed E-state index contributed by atoms with van der Waals surface area (Å²) in [6.45, 7) is 5.92. The fraction of sp³-hybridized carbons (Fsp3) is 0.375. The molecule has 2 rings (SSSR count). The first-order valence-corrected chi connectivity index (χ1v) is 7.01. The van der Waals surface area contributed by atoms with Crippen LogP contribution in [-0.2, 0) is 13.1 Å². The van der Waals surface area contributed by atoms with Crippen LogP contribution in [0.15, 0.2) is 30.6 Å². The Morgan fingerprint density at radius 2 is 1.95 bits per heavy atom. The average molecular weight is 287 g/mol. The van der Waals surface area contributed by atoms with E-state index in [1.165, 1.54) is 0 Å². The molecular weight excluding hydrogens is 266 g/mol. The van der Waals surface area contributed by atoms with Crippen molar-refractivity contribution in [3.63, 3.8) is 0 Å². The molecule has 0 atom stereocenters. The molecule has 0 radical (unpaired) electrons. The van der Waals surface area contributed by atoms with Crippen LogP contribution in [0.25, 0.3) is 0 Å². The Hall–Kier alpha value is -2.14. The lowest BCUT2D eigenvalue weighted by Gasteiger charge is -2.11. The minimum atomic E-state index is 0.617. The lowest BCUT2D eigenvalue weighted by molar-refractivity contribution is 0.310. The zero-order valence-electron chi connectivity index (χ0n) is 12.7. The maximum atomic E-state index is 5.57. The number of ether oxygens (including phenoxy) is 2. The Kier molecular flexibility index (Phi) is 5.51. The first-order valence-electron chi connectivity index (χ1n) is 7.01. The van der Waals surface area contributed by atoms with Crippen molar-refractivity contribution in [3.8, 4) is 11.5 Å². The molecule has 0 saturated carbocycles. The largest absolute Gasteiger partial charge is 0.493 e. The molecule has 2 aromatic rings. The fourth-order valence-electron chi connectivity index (χ4n) is 1.94. The van der Waals surface area contributed by atoms with Crippen molar-refractivity contribution in [1.82, 2.24) is 15.3 Å². The Balaban J connectivity index is 1.93. The molecule has 5 nitrogen and oxygen atoms in total. The molecule has 0 aliphatic carbocycles. The molecule has 1 aromatic heterocycles. The molecule has 0 bridgehead atoms. The zero-order chi connectivity index (χ0) is 15.1. The van der Waals surface area contributed by atoms with E-state index in [1.54, 1.807) is 19.5 Å². The van der Waals surface area contributed by atoms with Crippen LogP contribution in [0.2, 0.25) is 0 Å². The smallest absolute Gasteiger partial charge is 0.161 e. The van der Waals surface area contributed by atoms with Crippen LogP contribution in [0.5, 0.6) is 11.5 Å². The highest BCUT2D eigenvalue weighted by atomic mass is 16.5. The molecule has 21 heavy (non-hydrogen) atoms. The van der Waals surface area contributed by atoms with Gasteiger partial charge in [0.25, 0.3) is 0 Å². The number of hydrogen-bond donors (Lipinski definition) is 1. The molecule has 0 spiro atoms. The Morgan fingerprint density at radius 1 is 1.10 bits per heavy atom. The van der Waals surface area contributed by atoms with Gasteiger partial charge in [-0.05, 0) is 31.5 Å². The topological polar surface area (TPSA) is 56.3 Å². The van der Waals surface area contributed by atoms with E-state index in [9.17, 15) is 0 Å². The van der Waals surface area contributed by atoms with Crippen molar-refractivity contribution in [2.75, 3.05) is 13.7 Å². The molecule has 5 heteroatoms. The normalized spacial score (nSPS) is 10.4. The van der Waals surface area contributed by atoms with E-state index in [0.717, 1.165) is 35.0 Å². The van der Waals surface area contributed by atoms with E-state index in [4.69, 9.17) is 9.47 Å². The average Bonchev–Trinajstić information content (AvgIpc) is 2.50. The Labute approximate surface area is 125 Å². The molecule has 112 valence electrons. The first-order chi connectivity index (χ1) is 10.2. The Bertz CT molecular complexity index is 570. The monoisotopic (exact) mass is 287 g/mol. The third-order valence-corrected chi connectivity index (χ3v) is 3.00. The number of methoxy groups -OCH3 is 1. The second-order valence-electron chi connectivity index (χ2n) is 4.67. The van der Waals surface area contributed by atoms with E-state index < -0.39 is 0 Å². The molecule has 0 amide bonds. The molecule has 1 heterocycles. The van der Waals surface area contributed by atoms with E-state index in [1.807, 2.05) is 32.0 Å². The van der Waals surface area contributed by atoms with E-state index in [0.29, 0.717) is 13.2 Å². The van der Waals surface area contributed by atoms with E-state index >= 15 is 0 Å². The highest BCUT2D eigenvalue weighted by molar-refractivity contribution is 5.42. The van der Waals surface area contributed by atoms with Gasteiger partial charge in [0.1, 0.15) is 0 Å². The molecule has 0 aliphatic heterocycles. The number of benzene rings is 1. The lowest BCUT2D eigenvalue weighted by Crippen LogP contribution is -2.14. The molecule has 0 aliphatic rings. The maximum absolute atomic E-state index is 5.57. The summed E-state index contributed by atoms with van der Waals surface area (Å²) >= 11 is 0. The summed E-state index contributed by atoms with van der Waals surface area (Å²) in [5.41, 5.74) is 2.99. The van der Waals surface area contributed by atoms with Crippen LogP contribution in [0, 0.1) is 6.92 Å². The van der Waals surface area contributed by atoms with Crippen molar-refractivity contribution in [3.05, 3.63) is 47.5 Å². The van der Waals surface area contributed by atoms with Gasteiger partial charge in [0.05, 0.1) is 25.1 Å². The summed E-state index contributed by atoms with van der Waals surface area (Å²) in [5.74, 6) is 1.53. The van der Waals surface area contributed by atoms with Gasteiger partial charge in [0.2, 0.25) is 0 Å². The molecule has 1 N–H and O–H groups in total. The molecule has 0 unspecified atom stereocenters. The van der Waals surface area contributed by atoms with Crippen molar-refractivity contribution in [2.24, 2.45) is 0 Å². The lowest BCUT2D eigenvalue weighted by atomic mass is 10.2. The quantitative estimate of drug-likeness (QED) is 0.848. The van der Waals surface area contributed by atoms with Gasteiger partial charge in [-0.15, -0.1) is 0 Å². The minimum absolute atomic E-state index is 0.617. The van der Waals surface area contributed by atoms with Crippen LogP contribution in [0.3, 0.4) is 0 Å². The summed E-state index contributed by atoms with van der Waals surface area (Å²) in [7, 11) is 1.64. The summed E-state index contributed by atoms with van der Waals surface area (Å²) < 4.78 is 10.8. The number of aromatic nitrogens is 2. The van der Waals surface area contributed by atoms with Crippen LogP contribution in [-0.4, -0.2) is 23.7 Å². The number of nitrogens with zero attached hydrogens (tertiary/aromatic N) is 2. The van der Waals surface area contributed by atoms with Crippen molar-refractivity contribution in [2.45, 2.75) is 26.9 Å². The van der Waals surface area contributed by atoms with Crippen LogP contribution >= 0.6 is 0 Å². The SMILES string of the molecule is CCOc1cc(CNCc2cnc(C)cn2)ccc1OC. The second-order valence-corrected chi connectivity index (χ2v) is 4.67. The summed E-state index contributed by atoms with van der Waals surface area (Å²) in [6, 6.07) is 5.94. The standard InChI is InChI=1S/C16H21N3O2/c1-4-21-16-7-13(5-6-15(16)20-3)9-17-10-14-11-18-12(2)8-19-14/h5-8,11,17H,4,9-10H2,1-3H3. The molecule has 1 aromatic carbocycles. The third kappa shape index (κ3) is 4.43. The number of aryl methyl sites for hydroxylation is 1. The predicted octanol–water partition coefficient (Wildman–Crippen LogP) is 2.48. The minimum Gasteiger partial charge on any atom is -0.493 e. The zero-order valence-corrected chi connectivity index (χ0v) is 12.7. The number of nitrogens with one attached hydrogen (secondary N) is 1. The van der Waals surface area contributed by atoms with Gasteiger partial charge < -0.3 is 14.8 Å². The van der Waals surface area contributed by atoms with Gasteiger partial charge in [-0.3, -0.25) is 9.97 Å². The van der Waals surface area contributed by atoms with E-state index in [2.05, 4.69) is 15.3 Å². The van der Waals surface area contributed by atoms with Crippen molar-refractivity contribution < 1.29 is 9.47 Å².